The van der Waals surface area contributed by atoms with E-state index in [0.717, 1.165) is 22.4 Å². The molecule has 0 saturated heterocycles. The fraction of sp³-hybridized carbons (Fsp3) is 0.188. The van der Waals surface area contributed by atoms with Crippen LogP contribution in [-0.2, 0) is 10.3 Å². The van der Waals surface area contributed by atoms with Gasteiger partial charge in [0.15, 0.2) is 0 Å². The van der Waals surface area contributed by atoms with Crippen molar-refractivity contribution in [1.82, 2.24) is 0 Å². The summed E-state index contributed by atoms with van der Waals surface area (Å²) in [7, 11) is 0. The summed E-state index contributed by atoms with van der Waals surface area (Å²) in [6.07, 6.45) is -0.433. The van der Waals surface area contributed by atoms with Crippen molar-refractivity contribution in [2.24, 2.45) is 0 Å². The number of hydrogen-bond acceptors (Lipinski definition) is 3. The number of cyclic esters (lactones) is 1. The minimum atomic E-state index is -0.672. The number of halogens is 1. The van der Waals surface area contributed by atoms with E-state index in [1.807, 2.05) is 50.2 Å². The Morgan fingerprint density at radius 2 is 1.90 bits per heavy atom. The highest BCUT2D eigenvalue weighted by atomic mass is 35.5. The number of carbonyl (C=O) groups is 1. The predicted molar refractivity (Wildman–Crippen MR) is 81.5 cm³/mol. The summed E-state index contributed by atoms with van der Waals surface area (Å²) >= 11 is 5.40. The number of amides is 1. The second kappa shape index (κ2) is 4.97. The number of carbonyl (C=O) groups excluding carboxylic acids is 1. The van der Waals surface area contributed by atoms with E-state index >= 15 is 0 Å². The van der Waals surface area contributed by atoms with Gasteiger partial charge in [-0.05, 0) is 49.2 Å². The maximum Gasteiger partial charge on any atom is 0.412 e. The number of ether oxygens (including phenoxy) is 1. The zero-order valence-electron chi connectivity index (χ0n) is 11.6. The molecule has 0 saturated carbocycles. The maximum atomic E-state index is 11.5. The Kier molecular flexibility index (Phi) is 3.26. The molecule has 3 rings (SSSR count). The molecule has 4 nitrogen and oxygen atoms in total. The van der Waals surface area contributed by atoms with E-state index in [0.29, 0.717) is 5.75 Å². The quantitative estimate of drug-likeness (QED) is 0.876. The van der Waals surface area contributed by atoms with Crippen LogP contribution >= 0.6 is 11.9 Å². The standard InChI is InChI=1S/C16H14ClNO3/c1-16(2)13-9-11(6-7-14(13)18-15(19)20-16)10-4-3-5-12(8-10)21-17/h3-9H,1-2H3,(H,18,19). The summed E-state index contributed by atoms with van der Waals surface area (Å²) in [4.78, 5) is 11.5. The monoisotopic (exact) mass is 303 g/mol. The van der Waals surface area contributed by atoms with Gasteiger partial charge in [0.25, 0.3) is 0 Å². The summed E-state index contributed by atoms with van der Waals surface area (Å²) in [5, 5.41) is 2.71. The zero-order chi connectivity index (χ0) is 15.0. The minimum absolute atomic E-state index is 0.433. The Bertz CT molecular complexity index is 712. The van der Waals surface area contributed by atoms with Crippen molar-refractivity contribution in [3.63, 3.8) is 0 Å². The Labute approximate surface area is 127 Å². The number of benzene rings is 2. The molecule has 1 N–H and O–H groups in total. The van der Waals surface area contributed by atoms with E-state index in [2.05, 4.69) is 5.32 Å². The number of rotatable bonds is 2. The van der Waals surface area contributed by atoms with E-state index < -0.39 is 11.7 Å². The molecule has 0 aromatic heterocycles. The fourth-order valence-corrected chi connectivity index (χ4v) is 2.57. The van der Waals surface area contributed by atoms with Gasteiger partial charge >= 0.3 is 6.09 Å². The summed E-state index contributed by atoms with van der Waals surface area (Å²) in [5.74, 6) is 0.579. The van der Waals surface area contributed by atoms with Crippen molar-refractivity contribution in [1.29, 1.82) is 0 Å². The van der Waals surface area contributed by atoms with Gasteiger partial charge in [-0.1, -0.05) is 18.2 Å². The molecule has 108 valence electrons. The van der Waals surface area contributed by atoms with Crippen LogP contribution in [0.3, 0.4) is 0 Å². The molecular formula is C16H14ClNO3. The highest BCUT2D eigenvalue weighted by Gasteiger charge is 2.33. The Morgan fingerprint density at radius 1 is 1.14 bits per heavy atom. The second-order valence-electron chi connectivity index (χ2n) is 5.39. The van der Waals surface area contributed by atoms with Crippen LogP contribution in [0.25, 0.3) is 11.1 Å². The first-order chi connectivity index (χ1) is 9.99. The second-order valence-corrected chi connectivity index (χ2v) is 5.54. The summed E-state index contributed by atoms with van der Waals surface area (Å²) < 4.78 is 10.1. The number of nitrogens with one attached hydrogen (secondary N) is 1. The van der Waals surface area contributed by atoms with Crippen LogP contribution in [0.5, 0.6) is 5.75 Å². The number of hydrogen-bond donors (Lipinski definition) is 1. The molecule has 0 bridgehead atoms. The molecule has 2 aromatic carbocycles. The van der Waals surface area contributed by atoms with Gasteiger partial charge in [-0.15, -0.1) is 0 Å². The van der Waals surface area contributed by atoms with Gasteiger partial charge in [0, 0.05) is 5.56 Å². The molecule has 0 aliphatic carbocycles. The van der Waals surface area contributed by atoms with Gasteiger partial charge in [0.2, 0.25) is 0 Å². The molecule has 5 heteroatoms. The molecule has 1 aliphatic heterocycles. The first-order valence-corrected chi connectivity index (χ1v) is 6.84. The topological polar surface area (TPSA) is 47.6 Å². The van der Waals surface area contributed by atoms with Gasteiger partial charge in [-0.3, -0.25) is 5.32 Å². The predicted octanol–water partition coefficient (Wildman–Crippen LogP) is 4.68. The van der Waals surface area contributed by atoms with Crippen molar-refractivity contribution >= 4 is 23.6 Å². The SMILES string of the molecule is CC1(C)OC(=O)Nc2ccc(-c3cccc(OCl)c3)cc21. The molecule has 21 heavy (non-hydrogen) atoms. The summed E-state index contributed by atoms with van der Waals surface area (Å²) in [6, 6.07) is 13.3. The Hall–Kier alpha value is -2.20. The molecule has 1 aliphatic rings. The lowest BCUT2D eigenvalue weighted by atomic mass is 9.91. The Morgan fingerprint density at radius 3 is 2.67 bits per heavy atom. The van der Waals surface area contributed by atoms with Crippen LogP contribution in [0.1, 0.15) is 19.4 Å². The first-order valence-electron chi connectivity index (χ1n) is 6.53. The lowest BCUT2D eigenvalue weighted by Crippen LogP contribution is -2.34. The number of anilines is 1. The van der Waals surface area contributed by atoms with Crippen molar-refractivity contribution in [2.75, 3.05) is 5.32 Å². The molecule has 0 fully saturated rings. The van der Waals surface area contributed by atoms with Crippen LogP contribution < -0.4 is 9.61 Å². The average Bonchev–Trinajstić information content (AvgIpc) is 2.46. The van der Waals surface area contributed by atoms with Gasteiger partial charge in [-0.2, -0.15) is 0 Å². The zero-order valence-corrected chi connectivity index (χ0v) is 12.4. The maximum absolute atomic E-state index is 11.5. The van der Waals surface area contributed by atoms with E-state index in [-0.39, 0.29) is 0 Å². The van der Waals surface area contributed by atoms with E-state index in [1.165, 1.54) is 0 Å². The van der Waals surface area contributed by atoms with Crippen LogP contribution in [0.4, 0.5) is 10.5 Å². The molecule has 0 spiro atoms. The van der Waals surface area contributed by atoms with Crippen molar-refractivity contribution in [2.45, 2.75) is 19.4 Å². The minimum Gasteiger partial charge on any atom is -0.438 e. The third-order valence-electron chi connectivity index (χ3n) is 3.51. The molecule has 1 amide bonds. The highest BCUT2D eigenvalue weighted by molar-refractivity contribution is 6.09. The number of fused-ring (bicyclic) bond motifs is 1. The van der Waals surface area contributed by atoms with Crippen LogP contribution in [0, 0.1) is 0 Å². The van der Waals surface area contributed by atoms with Crippen LogP contribution in [0.2, 0.25) is 0 Å². The first kappa shape index (κ1) is 13.8. The third kappa shape index (κ3) is 2.54. The average molecular weight is 304 g/mol. The summed E-state index contributed by atoms with van der Waals surface area (Å²) in [6.45, 7) is 3.74. The van der Waals surface area contributed by atoms with Gasteiger partial charge < -0.3 is 9.03 Å². The van der Waals surface area contributed by atoms with Crippen LogP contribution in [0.15, 0.2) is 42.5 Å². The van der Waals surface area contributed by atoms with E-state index in [1.54, 1.807) is 6.07 Å². The van der Waals surface area contributed by atoms with Crippen molar-refractivity contribution < 1.29 is 13.8 Å². The third-order valence-corrected chi connectivity index (χ3v) is 3.69. The van der Waals surface area contributed by atoms with Crippen molar-refractivity contribution in [3.8, 4) is 16.9 Å². The van der Waals surface area contributed by atoms with Gasteiger partial charge in [0.05, 0.1) is 5.69 Å². The molecule has 0 radical (unpaired) electrons. The van der Waals surface area contributed by atoms with Crippen molar-refractivity contribution in [3.05, 3.63) is 48.0 Å². The van der Waals surface area contributed by atoms with Crippen LogP contribution in [-0.4, -0.2) is 6.09 Å². The summed E-state index contributed by atoms with van der Waals surface area (Å²) in [5.41, 5.74) is 3.00. The van der Waals surface area contributed by atoms with E-state index in [9.17, 15) is 4.79 Å². The lowest BCUT2D eigenvalue weighted by Gasteiger charge is -2.32. The largest absolute Gasteiger partial charge is 0.438 e. The normalized spacial score (nSPS) is 15.7. The lowest BCUT2D eigenvalue weighted by molar-refractivity contribution is 0.0421. The molecular weight excluding hydrogens is 290 g/mol. The molecule has 2 aromatic rings. The van der Waals surface area contributed by atoms with Gasteiger partial charge in [-0.25, -0.2) is 4.79 Å². The molecule has 0 atom stereocenters. The fourth-order valence-electron chi connectivity index (χ4n) is 2.48. The van der Waals surface area contributed by atoms with Gasteiger partial charge in [0.1, 0.15) is 23.2 Å². The Balaban J connectivity index is 2.08. The molecule has 0 unspecified atom stereocenters. The molecule has 1 heterocycles. The van der Waals surface area contributed by atoms with E-state index in [4.69, 9.17) is 20.9 Å². The smallest absolute Gasteiger partial charge is 0.412 e. The highest BCUT2D eigenvalue weighted by Crippen LogP contribution is 2.38.